The largest absolute Gasteiger partial charge is 0.472 e. The molecule has 0 rings (SSSR count). The van der Waals surface area contributed by atoms with Crippen molar-refractivity contribution in [3.05, 3.63) is 0 Å². The standard InChI is InChI=1S/C30H74O49P12/c1-3-29(25-31)26-78-90(53,54)75-23-21-73-88(49,50)71-19-17-69-86(45,46)67-15-13-65-84(41,42)63-11-9-61-82(37,38)59-7-5-57-81(35,36)58-6-8-60-83(39,40)62-10-12-64-85(43,44)66-14-16-68-87(47,48)70-18-20-72-89(51,52)74-22-24-76-91(55,56)79-28-30(4-2)27-77-80(32,33)34/h29-31H,3-28H2,1-2H3,(H,35,36)(H,37,38)(H,39,40)(H,41,42)(H,43,44)(H,45,46)(H,47,48)(H,49,50)(H,51,52)(H,53,54)(H,55,56)(H2,32,33,34). The van der Waals surface area contributed by atoms with Gasteiger partial charge in [0.15, 0.2) is 0 Å². The molecule has 13 unspecified atom stereocenters. The molecule has 0 aliphatic rings. The summed E-state index contributed by atoms with van der Waals surface area (Å²) in [5, 5.41) is 9.09. The molecule has 0 spiro atoms. The molecule has 49 nitrogen and oxygen atoms in total. The molecule has 0 saturated carbocycles. The molecular formula is C30H74O49P12. The van der Waals surface area contributed by atoms with Crippen LogP contribution in [0.1, 0.15) is 26.7 Å². The SMILES string of the molecule is CCC(CO)COP(=O)(O)OCCOP(=O)(O)OCCOP(=O)(O)OCCOP(=O)(O)OCCOP(=O)(O)OCCOP(=O)(O)OCCOP(=O)(O)OCCOP(=O)(O)OCCOP(=O)(O)OCCOP(=O)(O)OCCOP(=O)(O)OCC(CC)COP(=O)(O)O. The predicted octanol–water partition coefficient (Wildman–Crippen LogP) is 2.61. The maximum absolute atomic E-state index is 12.1. The Hall–Kier alpha value is 1.28. The zero-order valence-electron chi connectivity index (χ0n) is 47.5. The van der Waals surface area contributed by atoms with E-state index in [-0.39, 0.29) is 19.6 Å². The van der Waals surface area contributed by atoms with Gasteiger partial charge in [0, 0.05) is 18.4 Å². The normalized spacial score (nSPS) is 20.6. The maximum Gasteiger partial charge on any atom is 0.472 e. The first-order valence-corrected chi connectivity index (χ1v) is 42.8. The molecule has 61 heteroatoms. The lowest BCUT2D eigenvalue weighted by Crippen LogP contribution is -2.15. The lowest BCUT2D eigenvalue weighted by atomic mass is 10.1. The van der Waals surface area contributed by atoms with E-state index < -0.39 is 251 Å². The minimum Gasteiger partial charge on any atom is -0.396 e. The van der Waals surface area contributed by atoms with Crippen LogP contribution >= 0.6 is 93.9 Å². The number of phosphoric acid groups is 12. The van der Waals surface area contributed by atoms with Crippen LogP contribution < -0.4 is 0 Å². The van der Waals surface area contributed by atoms with Gasteiger partial charge in [-0.05, 0) is 12.8 Å². The fourth-order valence-corrected chi connectivity index (χ4v) is 12.8. The van der Waals surface area contributed by atoms with Crippen molar-refractivity contribution in [2.75, 3.05) is 159 Å². The Balaban J connectivity index is 4.28. The van der Waals surface area contributed by atoms with Crippen molar-refractivity contribution in [2.24, 2.45) is 11.8 Å². The van der Waals surface area contributed by atoms with Gasteiger partial charge < -0.3 is 68.7 Å². The Morgan fingerprint density at radius 2 is 0.330 bits per heavy atom. The summed E-state index contributed by atoms with van der Waals surface area (Å²) in [6.45, 7) is -16.2. The number of aliphatic hydroxyl groups excluding tert-OH is 1. The fourth-order valence-electron chi connectivity index (χ4n) is 4.65. The quantitative estimate of drug-likeness (QED) is 0.0307. The Labute approximate surface area is 517 Å². The minimum atomic E-state index is -5.01. The van der Waals surface area contributed by atoms with Crippen molar-refractivity contribution < 1.29 is 228 Å². The van der Waals surface area contributed by atoms with Gasteiger partial charge in [0.05, 0.1) is 152 Å². The number of phosphoric ester groups is 12. The molecule has 13 atom stereocenters. The third-order valence-electron chi connectivity index (χ3n) is 8.76. The van der Waals surface area contributed by atoms with E-state index in [9.17, 15) is 109 Å². The van der Waals surface area contributed by atoms with Gasteiger partial charge in [0.25, 0.3) is 0 Å². The third kappa shape index (κ3) is 54.7. The molecule has 0 saturated heterocycles. The molecule has 0 fully saturated rings. The lowest BCUT2D eigenvalue weighted by Gasteiger charge is -2.18. The molecule has 0 aliphatic heterocycles. The van der Waals surface area contributed by atoms with Gasteiger partial charge in [-0.2, -0.15) is 0 Å². The first-order valence-electron chi connectivity index (χ1n) is 24.8. The molecule has 14 N–H and O–H groups in total. The smallest absolute Gasteiger partial charge is 0.396 e. The van der Waals surface area contributed by atoms with Crippen molar-refractivity contribution in [1.29, 1.82) is 0 Å². The maximum atomic E-state index is 12.1. The summed E-state index contributed by atoms with van der Waals surface area (Å²) in [5.41, 5.74) is 0. The molecule has 91 heavy (non-hydrogen) atoms. The van der Waals surface area contributed by atoms with E-state index in [1.165, 1.54) is 0 Å². The molecule has 0 aromatic rings. The predicted molar refractivity (Wildman–Crippen MR) is 292 cm³/mol. The van der Waals surface area contributed by atoms with Crippen LogP contribution in [0.25, 0.3) is 0 Å². The van der Waals surface area contributed by atoms with Crippen LogP contribution in [-0.2, 0) is 159 Å². The summed E-state index contributed by atoms with van der Waals surface area (Å²) in [6.07, 6.45) is 0.645. The van der Waals surface area contributed by atoms with Crippen LogP contribution in [0.2, 0.25) is 0 Å². The van der Waals surface area contributed by atoms with Crippen LogP contribution in [0.5, 0.6) is 0 Å². The van der Waals surface area contributed by atoms with Gasteiger partial charge in [-0.25, -0.2) is 54.8 Å². The number of aliphatic hydroxyl groups is 1. The van der Waals surface area contributed by atoms with E-state index >= 15 is 0 Å². The number of rotatable bonds is 62. The topological polar surface area (TPSA) is 700 Å². The van der Waals surface area contributed by atoms with Gasteiger partial charge in [-0.3, -0.25) is 104 Å². The number of hydrogen-bond acceptors (Lipinski definition) is 36. The summed E-state index contributed by atoms with van der Waals surface area (Å²) in [7, 11) is -58.8. The first-order chi connectivity index (χ1) is 41.7. The van der Waals surface area contributed by atoms with Gasteiger partial charge in [0.2, 0.25) is 0 Å². The average molecular weight is 1590 g/mol. The minimum absolute atomic E-state index is 0.214. The van der Waals surface area contributed by atoms with Crippen molar-refractivity contribution >= 4 is 93.9 Å². The highest BCUT2D eigenvalue weighted by molar-refractivity contribution is 7.50. The molecule has 0 aromatic carbocycles. The molecular weight excluding hydrogens is 1520 g/mol. The molecule has 0 heterocycles. The highest BCUT2D eigenvalue weighted by Gasteiger charge is 2.33. The van der Waals surface area contributed by atoms with E-state index in [1.54, 1.807) is 13.8 Å². The first kappa shape index (κ1) is 92.3. The van der Waals surface area contributed by atoms with Crippen molar-refractivity contribution in [3.63, 3.8) is 0 Å². The Bertz CT molecular complexity index is 2650. The second-order valence-electron chi connectivity index (χ2n) is 15.9. The van der Waals surface area contributed by atoms with Gasteiger partial charge >= 0.3 is 93.9 Å². The van der Waals surface area contributed by atoms with Crippen LogP contribution in [0.4, 0.5) is 0 Å². The summed E-state index contributed by atoms with van der Waals surface area (Å²) in [4.78, 5) is 124. The van der Waals surface area contributed by atoms with Gasteiger partial charge in [-0.15, -0.1) is 0 Å². The van der Waals surface area contributed by atoms with E-state index in [4.69, 9.17) is 14.9 Å². The molecule has 0 aromatic heterocycles. The monoisotopic (exact) mass is 1590 g/mol. The molecule has 0 radical (unpaired) electrons. The van der Waals surface area contributed by atoms with E-state index in [2.05, 4.69) is 104 Å². The van der Waals surface area contributed by atoms with E-state index in [0.717, 1.165) is 0 Å². The zero-order chi connectivity index (χ0) is 69.8. The third-order valence-corrected chi connectivity index (χ3v) is 20.4. The summed E-state index contributed by atoms with van der Waals surface area (Å²) >= 11 is 0. The highest BCUT2D eigenvalue weighted by atomic mass is 31.2. The van der Waals surface area contributed by atoms with Crippen LogP contribution in [-0.4, -0.2) is 227 Å². The van der Waals surface area contributed by atoms with Crippen molar-refractivity contribution in [1.82, 2.24) is 0 Å². The van der Waals surface area contributed by atoms with Crippen LogP contribution in [0, 0.1) is 11.8 Å². The highest BCUT2D eigenvalue weighted by Crippen LogP contribution is 2.52. The van der Waals surface area contributed by atoms with Gasteiger partial charge in [0.1, 0.15) is 0 Å². The zero-order valence-corrected chi connectivity index (χ0v) is 58.2. The van der Waals surface area contributed by atoms with Gasteiger partial charge in [-0.1, -0.05) is 13.8 Å². The lowest BCUT2D eigenvalue weighted by molar-refractivity contribution is 0.0697. The van der Waals surface area contributed by atoms with Crippen LogP contribution in [0.3, 0.4) is 0 Å². The fraction of sp³-hybridized carbons (Fsp3) is 1.00. The van der Waals surface area contributed by atoms with Crippen molar-refractivity contribution in [3.8, 4) is 0 Å². The molecule has 0 amide bonds. The average Bonchev–Trinajstić information content (AvgIpc) is 3.08. The Kier molecular flexibility index (Phi) is 45.8. The van der Waals surface area contributed by atoms with E-state index in [1.807, 2.05) is 0 Å². The van der Waals surface area contributed by atoms with E-state index in [0.29, 0.717) is 6.42 Å². The number of hydrogen-bond donors (Lipinski definition) is 14. The second-order valence-corrected chi connectivity index (χ2v) is 33.2. The molecule has 0 bridgehead atoms. The molecule has 548 valence electrons. The second kappa shape index (κ2) is 45.2. The van der Waals surface area contributed by atoms with Crippen LogP contribution in [0.15, 0.2) is 0 Å². The Morgan fingerprint density at radius 1 is 0.209 bits per heavy atom. The molecule has 0 aliphatic carbocycles. The Morgan fingerprint density at radius 3 is 0.451 bits per heavy atom. The summed E-state index contributed by atoms with van der Waals surface area (Å²) in [6, 6.07) is 0. The summed E-state index contributed by atoms with van der Waals surface area (Å²) < 4.78 is 246. The summed E-state index contributed by atoms with van der Waals surface area (Å²) in [5.74, 6) is -1.17. The van der Waals surface area contributed by atoms with Crippen molar-refractivity contribution in [2.45, 2.75) is 26.7 Å².